The van der Waals surface area contributed by atoms with Gasteiger partial charge < -0.3 is 10.6 Å². The van der Waals surface area contributed by atoms with Gasteiger partial charge in [0, 0.05) is 16.2 Å². The number of hydrogen-bond donors (Lipinski definition) is 2. The fourth-order valence-electron chi connectivity index (χ4n) is 3.65. The molecular weight excluding hydrogens is 328 g/mol. The number of amides is 1. The maximum atomic E-state index is 12.5. The lowest BCUT2D eigenvalue weighted by atomic mass is 9.77. The van der Waals surface area contributed by atoms with Crippen LogP contribution in [0.2, 0.25) is 0 Å². The second kappa shape index (κ2) is 6.49. The monoisotopic (exact) mass is 350 g/mol. The van der Waals surface area contributed by atoms with E-state index in [1.807, 2.05) is 25.1 Å². The first-order chi connectivity index (χ1) is 10.1. The summed E-state index contributed by atoms with van der Waals surface area (Å²) in [5.74, 6) is 0.899. The van der Waals surface area contributed by atoms with Crippen LogP contribution in [0, 0.1) is 12.8 Å². The Balaban J connectivity index is 1.64. The molecule has 1 amide bonds. The second-order valence-corrected chi connectivity index (χ2v) is 7.31. The van der Waals surface area contributed by atoms with Crippen LogP contribution in [0.3, 0.4) is 0 Å². The van der Waals surface area contributed by atoms with Gasteiger partial charge in [-0.25, -0.2) is 0 Å². The smallest absolute Gasteiger partial charge is 0.241 e. The van der Waals surface area contributed by atoms with Crippen molar-refractivity contribution in [2.45, 2.75) is 57.5 Å². The molecule has 3 atom stereocenters. The molecule has 2 N–H and O–H groups in total. The Bertz CT molecular complexity index is 532. The van der Waals surface area contributed by atoms with Crippen LogP contribution in [0.25, 0.3) is 0 Å². The van der Waals surface area contributed by atoms with Crippen molar-refractivity contribution < 1.29 is 4.79 Å². The predicted octanol–water partition coefficient (Wildman–Crippen LogP) is 4.01. The molecule has 1 heterocycles. The number of fused-ring (bicyclic) bond motifs is 1. The summed E-state index contributed by atoms with van der Waals surface area (Å²) in [5.41, 5.74) is 2.00. The zero-order valence-corrected chi connectivity index (χ0v) is 14.1. The first-order valence-corrected chi connectivity index (χ1v) is 8.76. The number of benzene rings is 1. The van der Waals surface area contributed by atoms with Gasteiger partial charge in [-0.2, -0.15) is 0 Å². The molecule has 0 radical (unpaired) electrons. The lowest BCUT2D eigenvalue weighted by Gasteiger charge is -2.39. The van der Waals surface area contributed by atoms with E-state index in [9.17, 15) is 4.79 Å². The largest absolute Gasteiger partial charge is 0.324 e. The van der Waals surface area contributed by atoms with Crippen molar-refractivity contribution in [1.29, 1.82) is 0 Å². The van der Waals surface area contributed by atoms with Gasteiger partial charge in [-0.3, -0.25) is 4.79 Å². The van der Waals surface area contributed by atoms with E-state index in [0.717, 1.165) is 28.1 Å². The molecule has 114 valence electrons. The average molecular weight is 351 g/mol. The summed E-state index contributed by atoms with van der Waals surface area (Å²) in [5, 5.41) is 6.67. The van der Waals surface area contributed by atoms with Crippen molar-refractivity contribution in [3.8, 4) is 0 Å². The normalized spacial score (nSPS) is 28.8. The number of piperidine rings is 1. The van der Waals surface area contributed by atoms with E-state index < -0.39 is 0 Å². The van der Waals surface area contributed by atoms with Gasteiger partial charge in [0.15, 0.2) is 0 Å². The van der Waals surface area contributed by atoms with E-state index in [1.54, 1.807) is 0 Å². The quantitative estimate of drug-likeness (QED) is 0.845. The van der Waals surface area contributed by atoms with Gasteiger partial charge >= 0.3 is 0 Å². The van der Waals surface area contributed by atoms with Crippen LogP contribution in [-0.4, -0.2) is 18.0 Å². The summed E-state index contributed by atoms with van der Waals surface area (Å²) >= 11 is 3.46. The van der Waals surface area contributed by atoms with Crippen molar-refractivity contribution >= 4 is 27.5 Å². The molecular formula is C17H23BrN2O. The number of rotatable bonds is 2. The highest BCUT2D eigenvalue weighted by Gasteiger charge is 2.34. The fraction of sp³-hybridized carbons (Fsp3) is 0.588. The lowest BCUT2D eigenvalue weighted by Crippen LogP contribution is -2.53. The van der Waals surface area contributed by atoms with Gasteiger partial charge in [0.1, 0.15) is 0 Å². The highest BCUT2D eigenvalue weighted by atomic mass is 79.9. The van der Waals surface area contributed by atoms with Gasteiger partial charge in [0.25, 0.3) is 0 Å². The van der Waals surface area contributed by atoms with Crippen LogP contribution >= 0.6 is 15.9 Å². The third-order valence-corrected chi connectivity index (χ3v) is 5.42. The second-order valence-electron chi connectivity index (χ2n) is 6.40. The molecule has 21 heavy (non-hydrogen) atoms. The van der Waals surface area contributed by atoms with E-state index in [2.05, 4.69) is 26.6 Å². The zero-order valence-electron chi connectivity index (χ0n) is 12.5. The fourth-order valence-corrected chi connectivity index (χ4v) is 4.01. The number of nitrogens with one attached hydrogen (secondary N) is 2. The standard InChI is InChI=1S/C17H23BrN2O/c1-11-6-8-13(18)10-16(11)20-17(21)15-9-7-12-4-2-3-5-14(12)19-15/h6,8,10,12,14-15,19H,2-5,7,9H2,1H3,(H,20,21). The van der Waals surface area contributed by atoms with Crippen LogP contribution < -0.4 is 10.6 Å². The van der Waals surface area contributed by atoms with Crippen LogP contribution in [0.5, 0.6) is 0 Å². The van der Waals surface area contributed by atoms with Gasteiger partial charge in [0.2, 0.25) is 5.91 Å². The SMILES string of the molecule is Cc1ccc(Br)cc1NC(=O)C1CCC2CCCCC2N1. The number of carbonyl (C=O) groups excluding carboxylic acids is 1. The van der Waals surface area contributed by atoms with E-state index in [-0.39, 0.29) is 11.9 Å². The first kappa shape index (κ1) is 15.0. The molecule has 0 bridgehead atoms. The van der Waals surface area contributed by atoms with Crippen molar-refractivity contribution in [1.82, 2.24) is 5.32 Å². The van der Waals surface area contributed by atoms with Crippen LogP contribution in [-0.2, 0) is 4.79 Å². The Morgan fingerprint density at radius 3 is 2.90 bits per heavy atom. The summed E-state index contributed by atoms with van der Waals surface area (Å²) in [6, 6.07) is 6.50. The topological polar surface area (TPSA) is 41.1 Å². The molecule has 1 aliphatic carbocycles. The number of hydrogen-bond acceptors (Lipinski definition) is 2. The molecule has 1 saturated carbocycles. The molecule has 2 fully saturated rings. The van der Waals surface area contributed by atoms with Crippen LogP contribution in [0.1, 0.15) is 44.1 Å². The minimum atomic E-state index is -0.0391. The van der Waals surface area contributed by atoms with Crippen molar-refractivity contribution in [3.05, 3.63) is 28.2 Å². The molecule has 2 aliphatic rings. The van der Waals surface area contributed by atoms with E-state index in [4.69, 9.17) is 0 Å². The zero-order chi connectivity index (χ0) is 14.8. The number of aryl methyl sites for hydroxylation is 1. The molecule has 4 heteroatoms. The Labute approximate surface area is 135 Å². The van der Waals surface area contributed by atoms with Gasteiger partial charge in [-0.15, -0.1) is 0 Å². The van der Waals surface area contributed by atoms with E-state index in [1.165, 1.54) is 32.1 Å². The van der Waals surface area contributed by atoms with Crippen molar-refractivity contribution in [3.63, 3.8) is 0 Å². The minimum Gasteiger partial charge on any atom is -0.324 e. The third kappa shape index (κ3) is 3.49. The molecule has 3 rings (SSSR count). The Morgan fingerprint density at radius 2 is 2.05 bits per heavy atom. The lowest BCUT2D eigenvalue weighted by molar-refractivity contribution is -0.119. The number of carbonyl (C=O) groups is 1. The van der Waals surface area contributed by atoms with E-state index in [0.29, 0.717) is 6.04 Å². The van der Waals surface area contributed by atoms with E-state index >= 15 is 0 Å². The van der Waals surface area contributed by atoms with Crippen molar-refractivity contribution in [2.24, 2.45) is 5.92 Å². The number of anilines is 1. The average Bonchev–Trinajstić information content (AvgIpc) is 2.50. The van der Waals surface area contributed by atoms with Gasteiger partial charge in [-0.1, -0.05) is 34.8 Å². The minimum absolute atomic E-state index is 0.0391. The Kier molecular flexibility index (Phi) is 4.65. The summed E-state index contributed by atoms with van der Waals surface area (Å²) in [6.45, 7) is 2.02. The summed E-state index contributed by atoms with van der Waals surface area (Å²) in [4.78, 5) is 12.5. The highest BCUT2D eigenvalue weighted by molar-refractivity contribution is 9.10. The summed E-state index contributed by atoms with van der Waals surface area (Å²) in [7, 11) is 0. The molecule has 1 saturated heterocycles. The van der Waals surface area contributed by atoms with Gasteiger partial charge in [-0.05, 0) is 56.2 Å². The van der Waals surface area contributed by atoms with Crippen molar-refractivity contribution in [2.75, 3.05) is 5.32 Å². The van der Waals surface area contributed by atoms with Gasteiger partial charge in [0.05, 0.1) is 6.04 Å². The Morgan fingerprint density at radius 1 is 1.24 bits per heavy atom. The van der Waals surface area contributed by atoms with Crippen LogP contribution in [0.15, 0.2) is 22.7 Å². The maximum absolute atomic E-state index is 12.5. The summed E-state index contributed by atoms with van der Waals surface area (Å²) < 4.78 is 0.993. The predicted molar refractivity (Wildman–Crippen MR) is 89.4 cm³/mol. The molecule has 3 unspecified atom stereocenters. The molecule has 3 nitrogen and oxygen atoms in total. The van der Waals surface area contributed by atoms with Crippen LogP contribution in [0.4, 0.5) is 5.69 Å². The Hall–Kier alpha value is -0.870. The highest BCUT2D eigenvalue weighted by Crippen LogP contribution is 2.32. The first-order valence-electron chi connectivity index (χ1n) is 7.96. The third-order valence-electron chi connectivity index (χ3n) is 4.92. The summed E-state index contributed by atoms with van der Waals surface area (Å²) in [6.07, 6.45) is 7.36. The molecule has 1 aromatic carbocycles. The maximum Gasteiger partial charge on any atom is 0.241 e. The molecule has 1 aromatic rings. The number of halogens is 1. The molecule has 0 spiro atoms. The molecule has 1 aliphatic heterocycles. The molecule has 0 aromatic heterocycles.